The molecular weight excluding hydrogens is 440 g/mol. The number of pyridine rings is 1. The van der Waals surface area contributed by atoms with E-state index in [2.05, 4.69) is 29.8 Å². The van der Waals surface area contributed by atoms with E-state index >= 15 is 0 Å². The molecule has 30 heavy (non-hydrogen) atoms. The molecule has 1 heterocycles. The summed E-state index contributed by atoms with van der Waals surface area (Å²) in [6.07, 6.45) is 0.328. The fourth-order valence-corrected chi connectivity index (χ4v) is 3.59. The molecule has 0 fully saturated rings. The molecule has 5 heteroatoms. The second kappa shape index (κ2) is 8.76. The van der Waals surface area contributed by atoms with E-state index in [1.54, 1.807) is 11.9 Å². The number of benzene rings is 2. The van der Waals surface area contributed by atoms with Crippen molar-refractivity contribution in [1.82, 2.24) is 9.88 Å². The number of carbonyl (C=O) groups is 1. The predicted molar refractivity (Wildman–Crippen MR) is 127 cm³/mol. The molecule has 0 atom stereocenters. The van der Waals surface area contributed by atoms with Gasteiger partial charge in [0.1, 0.15) is 0 Å². The maximum atomic E-state index is 13.1. The number of rotatable bonds is 4. The number of ether oxygens (including phenoxy) is 1. The van der Waals surface area contributed by atoms with Crippen LogP contribution in [0.3, 0.4) is 0 Å². The Morgan fingerprint density at radius 3 is 2.40 bits per heavy atom. The van der Waals surface area contributed by atoms with Gasteiger partial charge in [0.25, 0.3) is 0 Å². The summed E-state index contributed by atoms with van der Waals surface area (Å²) < 4.78 is 7.03. The highest BCUT2D eigenvalue weighted by molar-refractivity contribution is 9.10. The van der Waals surface area contributed by atoms with Gasteiger partial charge in [0.15, 0.2) is 5.75 Å². The van der Waals surface area contributed by atoms with Crippen LogP contribution >= 0.6 is 15.9 Å². The highest BCUT2D eigenvalue weighted by Gasteiger charge is 2.27. The molecule has 2 aromatic carbocycles. The van der Waals surface area contributed by atoms with Crippen molar-refractivity contribution >= 4 is 32.9 Å². The number of hydrogen-bond acceptors (Lipinski definition) is 3. The first kappa shape index (κ1) is 22.3. The highest BCUT2D eigenvalue weighted by atomic mass is 79.9. The Morgan fingerprint density at radius 2 is 1.80 bits per heavy atom. The van der Waals surface area contributed by atoms with E-state index in [0.717, 1.165) is 32.2 Å². The standard InChI is InChI=1S/C25H29BrN2O2/c1-16(2)14-21-23(30-24(29)28(6)25(3,4)5)22(17-10-8-7-9-11-17)19-15-18(26)12-13-20(19)27-21/h7-13,15-16H,14H2,1-6H3. The third kappa shape index (κ3) is 4.84. The number of fused-ring (bicyclic) bond motifs is 1. The van der Waals surface area contributed by atoms with E-state index in [4.69, 9.17) is 9.72 Å². The van der Waals surface area contributed by atoms with Crippen LogP contribution in [0.4, 0.5) is 4.79 Å². The minimum Gasteiger partial charge on any atom is -0.408 e. The molecule has 4 nitrogen and oxygen atoms in total. The topological polar surface area (TPSA) is 42.4 Å². The molecule has 3 rings (SSSR count). The first-order valence-electron chi connectivity index (χ1n) is 10.2. The van der Waals surface area contributed by atoms with Crippen molar-refractivity contribution in [2.45, 2.75) is 46.6 Å². The van der Waals surface area contributed by atoms with Gasteiger partial charge in [0, 0.05) is 28.0 Å². The zero-order valence-electron chi connectivity index (χ0n) is 18.5. The third-order valence-corrected chi connectivity index (χ3v) is 5.60. The molecule has 0 N–H and O–H groups in total. The van der Waals surface area contributed by atoms with Crippen molar-refractivity contribution in [1.29, 1.82) is 0 Å². The van der Waals surface area contributed by atoms with Crippen LogP contribution in [-0.4, -0.2) is 28.6 Å². The van der Waals surface area contributed by atoms with E-state index in [1.165, 1.54) is 0 Å². The average Bonchev–Trinajstić information content (AvgIpc) is 2.67. The molecule has 3 aromatic rings. The van der Waals surface area contributed by atoms with Crippen molar-refractivity contribution in [2.24, 2.45) is 5.92 Å². The fourth-order valence-electron chi connectivity index (χ4n) is 3.22. The van der Waals surface area contributed by atoms with E-state index < -0.39 is 0 Å². The first-order valence-corrected chi connectivity index (χ1v) is 11.0. The van der Waals surface area contributed by atoms with E-state index in [1.807, 2.05) is 69.3 Å². The zero-order valence-corrected chi connectivity index (χ0v) is 20.1. The van der Waals surface area contributed by atoms with E-state index in [-0.39, 0.29) is 11.6 Å². The summed E-state index contributed by atoms with van der Waals surface area (Å²) >= 11 is 3.58. The molecule has 0 spiro atoms. The highest BCUT2D eigenvalue weighted by Crippen LogP contribution is 2.40. The second-order valence-electron chi connectivity index (χ2n) is 8.99. The maximum absolute atomic E-state index is 13.1. The summed E-state index contributed by atoms with van der Waals surface area (Å²) in [7, 11) is 1.76. The fraction of sp³-hybridized carbons (Fsp3) is 0.360. The van der Waals surface area contributed by atoms with Gasteiger partial charge in [-0.15, -0.1) is 0 Å². The first-order chi connectivity index (χ1) is 14.1. The van der Waals surface area contributed by atoms with Gasteiger partial charge in [0.2, 0.25) is 0 Å². The lowest BCUT2D eigenvalue weighted by Crippen LogP contribution is -2.44. The molecule has 0 saturated heterocycles. The Kier molecular flexibility index (Phi) is 6.51. The summed E-state index contributed by atoms with van der Waals surface area (Å²) in [5, 5.41) is 0.948. The van der Waals surface area contributed by atoms with Crippen LogP contribution in [0, 0.1) is 5.92 Å². The number of carbonyl (C=O) groups excluding carboxylic acids is 1. The van der Waals surface area contributed by atoms with Crippen LogP contribution in [0.25, 0.3) is 22.0 Å². The Labute approximate surface area is 187 Å². The molecule has 0 aliphatic heterocycles. The second-order valence-corrected chi connectivity index (χ2v) is 9.90. The van der Waals surface area contributed by atoms with Crippen molar-refractivity contribution in [3.05, 3.63) is 58.7 Å². The molecular formula is C25H29BrN2O2. The summed E-state index contributed by atoms with van der Waals surface area (Å²) in [5.41, 5.74) is 3.23. The monoisotopic (exact) mass is 468 g/mol. The van der Waals surface area contributed by atoms with Gasteiger partial charge >= 0.3 is 6.09 Å². The Bertz CT molecular complexity index is 1060. The molecule has 1 aromatic heterocycles. The van der Waals surface area contributed by atoms with Crippen molar-refractivity contribution in [2.75, 3.05) is 7.05 Å². The average molecular weight is 469 g/mol. The molecule has 0 unspecified atom stereocenters. The molecule has 0 aliphatic carbocycles. The number of amides is 1. The van der Waals surface area contributed by atoms with Crippen LogP contribution in [0.5, 0.6) is 5.75 Å². The molecule has 0 saturated carbocycles. The van der Waals surface area contributed by atoms with Gasteiger partial charge in [-0.05, 0) is 56.9 Å². The van der Waals surface area contributed by atoms with Crippen LogP contribution in [0.2, 0.25) is 0 Å². The van der Waals surface area contributed by atoms with Gasteiger partial charge in [-0.1, -0.05) is 60.1 Å². The lowest BCUT2D eigenvalue weighted by molar-refractivity contribution is 0.124. The largest absolute Gasteiger partial charge is 0.415 e. The lowest BCUT2D eigenvalue weighted by Gasteiger charge is -2.31. The van der Waals surface area contributed by atoms with Crippen LogP contribution in [-0.2, 0) is 6.42 Å². The van der Waals surface area contributed by atoms with E-state index in [9.17, 15) is 4.79 Å². The minimum absolute atomic E-state index is 0.352. The molecule has 0 bridgehead atoms. The van der Waals surface area contributed by atoms with Crippen LogP contribution < -0.4 is 4.74 Å². The maximum Gasteiger partial charge on any atom is 0.415 e. The van der Waals surface area contributed by atoms with E-state index in [0.29, 0.717) is 18.1 Å². The minimum atomic E-state index is -0.388. The quantitative estimate of drug-likeness (QED) is 0.410. The Hall–Kier alpha value is -2.40. The van der Waals surface area contributed by atoms with Crippen molar-refractivity contribution in [3.63, 3.8) is 0 Å². The van der Waals surface area contributed by atoms with Crippen molar-refractivity contribution in [3.8, 4) is 16.9 Å². The molecule has 1 amide bonds. The number of hydrogen-bond donors (Lipinski definition) is 0. The van der Waals surface area contributed by atoms with Crippen molar-refractivity contribution < 1.29 is 9.53 Å². The normalized spacial score (nSPS) is 11.7. The third-order valence-electron chi connectivity index (χ3n) is 5.11. The Morgan fingerprint density at radius 1 is 1.13 bits per heavy atom. The summed E-state index contributed by atoms with van der Waals surface area (Å²) in [4.78, 5) is 19.6. The summed E-state index contributed by atoms with van der Waals surface area (Å²) in [6.45, 7) is 10.2. The number of nitrogens with zero attached hydrogens (tertiary/aromatic N) is 2. The van der Waals surface area contributed by atoms with Gasteiger partial charge in [-0.3, -0.25) is 0 Å². The summed E-state index contributed by atoms with van der Waals surface area (Å²) in [6, 6.07) is 16.1. The lowest BCUT2D eigenvalue weighted by atomic mass is 9.96. The SMILES string of the molecule is CC(C)Cc1nc2ccc(Br)cc2c(-c2ccccc2)c1OC(=O)N(C)C(C)(C)C. The molecule has 158 valence electrons. The van der Waals surface area contributed by atoms with Gasteiger partial charge in [-0.25, -0.2) is 9.78 Å². The molecule has 0 radical (unpaired) electrons. The van der Waals surface area contributed by atoms with Crippen LogP contribution in [0.15, 0.2) is 53.0 Å². The zero-order chi connectivity index (χ0) is 22.1. The van der Waals surface area contributed by atoms with Gasteiger partial charge in [-0.2, -0.15) is 0 Å². The van der Waals surface area contributed by atoms with Gasteiger partial charge < -0.3 is 9.64 Å². The predicted octanol–water partition coefficient (Wildman–Crippen LogP) is 7.09. The smallest absolute Gasteiger partial charge is 0.408 e. The molecule has 0 aliphatic rings. The van der Waals surface area contributed by atoms with Gasteiger partial charge in [0.05, 0.1) is 11.2 Å². The summed E-state index contributed by atoms with van der Waals surface area (Å²) in [5.74, 6) is 0.911. The Balaban J connectivity index is 2.29. The van der Waals surface area contributed by atoms with Crippen LogP contribution in [0.1, 0.15) is 40.3 Å². The number of halogens is 1. The number of aromatic nitrogens is 1.